The minimum absolute atomic E-state index is 0.0531. The molecule has 0 radical (unpaired) electrons. The molecule has 5 heteroatoms. The molecule has 0 amide bonds. The summed E-state index contributed by atoms with van der Waals surface area (Å²) < 4.78 is 6.13. The Morgan fingerprint density at radius 3 is 2.73 bits per heavy atom. The van der Waals surface area contributed by atoms with Crippen LogP contribution in [0.3, 0.4) is 0 Å². The van der Waals surface area contributed by atoms with Gasteiger partial charge in [-0.2, -0.15) is 0 Å². The maximum Gasteiger partial charge on any atom is 0.200 e. The summed E-state index contributed by atoms with van der Waals surface area (Å²) in [5.41, 5.74) is 0.164. The zero-order valence-corrected chi connectivity index (χ0v) is 15.7. The number of hydrogen-bond acceptors (Lipinski definition) is 5. The third kappa shape index (κ3) is 1.58. The highest BCUT2D eigenvalue weighted by Crippen LogP contribution is 2.64. The number of aromatic hydroxyl groups is 1. The monoisotopic (exact) mass is 355 g/mol. The molecule has 1 fully saturated rings. The number of ether oxygens (including phenoxy) is 1. The topological polar surface area (TPSA) is 70.0 Å². The number of ketones is 1. The van der Waals surface area contributed by atoms with E-state index in [1.54, 1.807) is 6.07 Å². The first kappa shape index (κ1) is 16.3. The number of carbonyl (C=O) groups is 1. The number of aliphatic hydroxyl groups is 1. The van der Waals surface area contributed by atoms with Gasteiger partial charge < -0.3 is 14.9 Å². The molecular weight excluding hydrogens is 330 g/mol. The van der Waals surface area contributed by atoms with Crippen molar-refractivity contribution in [3.63, 3.8) is 0 Å². The number of likely N-dealkylation sites (N-methyl/N-ethyl adjacent to an activating group) is 1. The maximum absolute atomic E-state index is 13.4. The lowest BCUT2D eigenvalue weighted by molar-refractivity contribution is -0.154. The van der Waals surface area contributed by atoms with Crippen LogP contribution in [0, 0.1) is 5.41 Å². The van der Waals surface area contributed by atoms with Crippen molar-refractivity contribution in [1.29, 1.82) is 0 Å². The minimum Gasteiger partial charge on any atom is -0.504 e. The van der Waals surface area contributed by atoms with Crippen LogP contribution in [0.1, 0.15) is 38.3 Å². The first-order chi connectivity index (χ1) is 12.1. The molecule has 2 aliphatic heterocycles. The van der Waals surface area contributed by atoms with Crippen LogP contribution in [-0.4, -0.2) is 52.2 Å². The smallest absolute Gasteiger partial charge is 0.200 e. The van der Waals surface area contributed by atoms with E-state index in [1.165, 1.54) is 0 Å². The number of benzene rings is 1. The quantitative estimate of drug-likeness (QED) is 0.744. The molecule has 2 aliphatic carbocycles. The van der Waals surface area contributed by atoms with Crippen LogP contribution >= 0.6 is 0 Å². The summed E-state index contributed by atoms with van der Waals surface area (Å²) in [4.78, 5) is 15.6. The van der Waals surface area contributed by atoms with Crippen LogP contribution in [0.15, 0.2) is 23.8 Å². The lowest BCUT2D eigenvalue weighted by atomic mass is 9.49. The van der Waals surface area contributed by atoms with E-state index in [0.717, 1.165) is 17.7 Å². The molecule has 1 aromatic carbocycles. The summed E-state index contributed by atoms with van der Waals surface area (Å²) in [6.45, 7) is 6.76. The van der Waals surface area contributed by atoms with Gasteiger partial charge in [0.05, 0.1) is 5.41 Å². The third-order valence-corrected chi connectivity index (χ3v) is 7.06. The minimum atomic E-state index is -1.19. The summed E-state index contributed by atoms with van der Waals surface area (Å²) in [5, 5.41) is 22.5. The van der Waals surface area contributed by atoms with Gasteiger partial charge in [0.15, 0.2) is 17.6 Å². The fourth-order valence-corrected chi connectivity index (χ4v) is 5.79. The van der Waals surface area contributed by atoms with E-state index in [2.05, 4.69) is 4.90 Å². The van der Waals surface area contributed by atoms with Crippen LogP contribution in [0.25, 0.3) is 0 Å². The molecule has 26 heavy (non-hydrogen) atoms. The van der Waals surface area contributed by atoms with E-state index < -0.39 is 17.1 Å². The molecule has 1 aromatic rings. The Hall–Kier alpha value is -1.85. The number of carbonyl (C=O) groups excluding carboxylic acids is 1. The van der Waals surface area contributed by atoms with Gasteiger partial charge in [-0.25, -0.2) is 0 Å². The molecule has 4 atom stereocenters. The second-order valence-electron chi connectivity index (χ2n) is 9.37. The Morgan fingerprint density at radius 2 is 2.04 bits per heavy atom. The fourth-order valence-electron chi connectivity index (χ4n) is 5.79. The molecular formula is C21H25NO4. The summed E-state index contributed by atoms with van der Waals surface area (Å²) in [6, 6.07) is 3.45. The van der Waals surface area contributed by atoms with Gasteiger partial charge >= 0.3 is 0 Å². The molecule has 1 unspecified atom stereocenters. The van der Waals surface area contributed by atoms with Crippen molar-refractivity contribution >= 4 is 5.78 Å². The third-order valence-electron chi connectivity index (χ3n) is 7.06. The zero-order chi connectivity index (χ0) is 18.6. The zero-order valence-electron chi connectivity index (χ0n) is 15.7. The Bertz CT molecular complexity index is 883. The highest BCUT2D eigenvalue weighted by atomic mass is 16.5. The number of nitrogens with zero attached hydrogens (tertiary/aromatic N) is 1. The van der Waals surface area contributed by atoms with Gasteiger partial charge in [0.2, 0.25) is 5.78 Å². The van der Waals surface area contributed by atoms with E-state index in [9.17, 15) is 15.0 Å². The molecule has 5 nitrogen and oxygen atoms in total. The van der Waals surface area contributed by atoms with Gasteiger partial charge in [-0.05, 0) is 49.6 Å². The van der Waals surface area contributed by atoms with Gasteiger partial charge in [-0.15, -0.1) is 0 Å². The molecule has 0 saturated carbocycles. The standard InChI is InChI=1S/C21H25NO4/c1-19(2,3)12-10-21(25)14-9-11-5-6-13(23)17-15(11)20(21,7-8-22(14)4)18(26-17)16(12)24/h5-6,10,14,18,23,25H,7-9H2,1-4H3/t14?,18-,20-,21+/m0/s1. The van der Waals surface area contributed by atoms with Gasteiger partial charge in [0.25, 0.3) is 0 Å². The predicted octanol–water partition coefficient (Wildman–Crippen LogP) is 1.94. The van der Waals surface area contributed by atoms with Crippen LogP contribution in [0.4, 0.5) is 0 Å². The van der Waals surface area contributed by atoms with Crippen LogP contribution in [0.2, 0.25) is 0 Å². The van der Waals surface area contributed by atoms with Crippen LogP contribution < -0.4 is 4.74 Å². The highest BCUT2D eigenvalue weighted by molar-refractivity contribution is 6.04. The Labute approximate surface area is 153 Å². The normalized spacial score (nSPS) is 37.9. The summed E-state index contributed by atoms with van der Waals surface area (Å²) >= 11 is 0. The lowest BCUT2D eigenvalue weighted by Gasteiger charge is -2.61. The molecule has 5 rings (SSSR count). The van der Waals surface area contributed by atoms with E-state index in [1.807, 2.05) is 40.0 Å². The number of Topliss-reactive ketones (excluding diaryl/α,β-unsaturated/α-hetero) is 1. The van der Waals surface area contributed by atoms with E-state index in [-0.39, 0.29) is 23.0 Å². The largest absolute Gasteiger partial charge is 0.504 e. The maximum atomic E-state index is 13.4. The number of likely N-dealkylation sites (tertiary alicyclic amines) is 1. The first-order valence-electron chi connectivity index (χ1n) is 9.33. The van der Waals surface area contributed by atoms with Gasteiger partial charge in [0, 0.05) is 17.2 Å². The summed E-state index contributed by atoms with van der Waals surface area (Å²) in [7, 11) is 2.04. The lowest BCUT2D eigenvalue weighted by Crippen LogP contribution is -2.75. The van der Waals surface area contributed by atoms with E-state index in [4.69, 9.17) is 4.74 Å². The SMILES string of the molecule is CN1CC[C@]23c4c5ccc(O)c4O[C@H]2C(=O)C(C(C)(C)C)=C[C@@]3(O)C1C5. The molecule has 138 valence electrons. The van der Waals surface area contributed by atoms with E-state index in [0.29, 0.717) is 24.2 Å². The molecule has 2 heterocycles. The van der Waals surface area contributed by atoms with Gasteiger partial charge in [-0.3, -0.25) is 9.69 Å². The van der Waals surface area contributed by atoms with Crippen molar-refractivity contribution in [3.05, 3.63) is 34.9 Å². The van der Waals surface area contributed by atoms with Crippen molar-refractivity contribution in [2.75, 3.05) is 13.6 Å². The molecule has 2 bridgehead atoms. The molecule has 1 spiro atoms. The van der Waals surface area contributed by atoms with Crippen molar-refractivity contribution in [1.82, 2.24) is 4.90 Å². The second kappa shape index (κ2) is 4.52. The summed E-state index contributed by atoms with van der Waals surface area (Å²) in [5.74, 6) is 0.386. The fraction of sp³-hybridized carbons (Fsp3) is 0.571. The number of phenolic OH excluding ortho intramolecular Hbond substituents is 1. The molecule has 0 aromatic heterocycles. The summed E-state index contributed by atoms with van der Waals surface area (Å²) in [6.07, 6.45) is 2.36. The average molecular weight is 355 g/mol. The second-order valence-corrected chi connectivity index (χ2v) is 9.37. The molecule has 2 N–H and O–H groups in total. The Morgan fingerprint density at radius 1 is 1.31 bits per heavy atom. The highest BCUT2D eigenvalue weighted by Gasteiger charge is 2.73. The Kier molecular flexibility index (Phi) is 2.84. The Balaban J connectivity index is 1.87. The number of phenols is 1. The van der Waals surface area contributed by atoms with E-state index >= 15 is 0 Å². The molecule has 4 aliphatic rings. The predicted molar refractivity (Wildman–Crippen MR) is 96.4 cm³/mol. The van der Waals surface area contributed by atoms with Crippen molar-refractivity contribution in [2.24, 2.45) is 5.41 Å². The van der Waals surface area contributed by atoms with Gasteiger partial charge in [-0.1, -0.05) is 26.8 Å². The number of rotatable bonds is 0. The van der Waals surface area contributed by atoms with Crippen LogP contribution in [0.5, 0.6) is 11.5 Å². The average Bonchev–Trinajstić information content (AvgIpc) is 2.91. The van der Waals surface area contributed by atoms with Crippen molar-refractivity contribution < 1.29 is 19.7 Å². The van der Waals surface area contributed by atoms with Gasteiger partial charge in [0.1, 0.15) is 5.60 Å². The number of piperidine rings is 1. The van der Waals surface area contributed by atoms with Crippen molar-refractivity contribution in [2.45, 2.75) is 56.8 Å². The first-order valence-corrected chi connectivity index (χ1v) is 9.33. The number of hydrogen-bond donors (Lipinski definition) is 2. The van der Waals surface area contributed by atoms with Crippen molar-refractivity contribution in [3.8, 4) is 11.5 Å². The molecule has 1 saturated heterocycles. The van der Waals surface area contributed by atoms with Crippen LogP contribution in [-0.2, 0) is 16.6 Å².